The highest BCUT2D eigenvalue weighted by molar-refractivity contribution is 14.0. The maximum atomic E-state index is 12.1. The molecule has 0 aliphatic carbocycles. The zero-order valence-corrected chi connectivity index (χ0v) is 19.7. The van der Waals surface area contributed by atoms with Crippen molar-refractivity contribution < 1.29 is 17.9 Å². The molecule has 0 spiro atoms. The predicted octanol–water partition coefficient (Wildman–Crippen LogP) is 4.36. The molecule has 0 saturated heterocycles. The van der Waals surface area contributed by atoms with Crippen LogP contribution in [0, 0.1) is 13.8 Å². The van der Waals surface area contributed by atoms with Gasteiger partial charge in [-0.05, 0) is 25.0 Å². The van der Waals surface area contributed by atoms with E-state index in [1.54, 1.807) is 30.5 Å². The van der Waals surface area contributed by atoms with Crippen molar-refractivity contribution in [3.05, 3.63) is 51.0 Å². The van der Waals surface area contributed by atoms with Crippen LogP contribution in [0.25, 0.3) is 0 Å². The monoisotopic (exact) mass is 542 g/mol. The first kappa shape index (κ1) is 25.6. The number of ether oxygens (including phenoxy) is 1. The van der Waals surface area contributed by atoms with Gasteiger partial charge in [-0.3, -0.25) is 4.99 Å². The summed E-state index contributed by atoms with van der Waals surface area (Å²) in [6.07, 6.45) is -3.42. The van der Waals surface area contributed by atoms with Crippen molar-refractivity contribution in [2.75, 3.05) is 20.2 Å². The summed E-state index contributed by atoms with van der Waals surface area (Å²) in [6.45, 7) is 4.03. The molecule has 0 fully saturated rings. The first-order chi connectivity index (χ1) is 13.3. The molecule has 1 aromatic heterocycles. The number of rotatable bonds is 8. The normalized spacial score (nSPS) is 11.9. The molecule has 0 saturated carbocycles. The Labute approximate surface area is 190 Å². The van der Waals surface area contributed by atoms with Gasteiger partial charge in [-0.25, -0.2) is 4.98 Å². The highest BCUT2D eigenvalue weighted by atomic mass is 127. The Morgan fingerprint density at radius 1 is 1.14 bits per heavy atom. The second-order valence-corrected chi connectivity index (χ2v) is 7.56. The lowest BCUT2D eigenvalue weighted by Gasteiger charge is -2.12. The Hall–Kier alpha value is -1.40. The van der Waals surface area contributed by atoms with E-state index in [1.165, 1.54) is 4.88 Å². The molecule has 1 aromatic carbocycles. The van der Waals surface area contributed by atoms with Crippen LogP contribution in [0.3, 0.4) is 0 Å². The summed E-state index contributed by atoms with van der Waals surface area (Å²) in [5.41, 5.74) is 2.77. The van der Waals surface area contributed by atoms with Gasteiger partial charge < -0.3 is 15.4 Å². The van der Waals surface area contributed by atoms with Crippen LogP contribution in [0.2, 0.25) is 0 Å². The van der Waals surface area contributed by atoms with Crippen LogP contribution in [0.15, 0.2) is 29.3 Å². The van der Waals surface area contributed by atoms with Crippen molar-refractivity contribution in [2.45, 2.75) is 39.6 Å². The van der Waals surface area contributed by atoms with Crippen molar-refractivity contribution in [1.82, 2.24) is 15.6 Å². The van der Waals surface area contributed by atoms with Gasteiger partial charge in [0.2, 0.25) is 0 Å². The summed E-state index contributed by atoms with van der Waals surface area (Å²) < 4.78 is 40.9. The number of aromatic nitrogens is 1. The van der Waals surface area contributed by atoms with Gasteiger partial charge in [-0.2, -0.15) is 13.2 Å². The van der Waals surface area contributed by atoms with Crippen molar-refractivity contribution in [3.63, 3.8) is 0 Å². The molecule has 0 atom stereocenters. The van der Waals surface area contributed by atoms with Crippen LogP contribution in [-0.2, 0) is 24.3 Å². The summed E-state index contributed by atoms with van der Waals surface area (Å²) in [4.78, 5) is 9.89. The number of thiazole rings is 1. The number of nitrogens with zero attached hydrogens (tertiary/aromatic N) is 2. The molecule has 0 radical (unpaired) electrons. The summed E-state index contributed by atoms with van der Waals surface area (Å²) in [6, 6.07) is 7.24. The Bertz CT molecular complexity index is 779. The highest BCUT2D eigenvalue weighted by Gasteiger charge is 2.27. The summed E-state index contributed by atoms with van der Waals surface area (Å²) >= 11 is 1.71. The molecule has 0 unspecified atom stereocenters. The number of aliphatic imine (C=N–C) groups is 1. The molecule has 0 aliphatic heterocycles. The van der Waals surface area contributed by atoms with Gasteiger partial charge in [0, 0.05) is 31.4 Å². The molecule has 0 amide bonds. The third-order valence-corrected chi connectivity index (χ3v) is 5.02. The van der Waals surface area contributed by atoms with Crippen LogP contribution >= 0.6 is 35.3 Å². The molecule has 0 bridgehead atoms. The molecule has 2 aromatic rings. The topological polar surface area (TPSA) is 58.5 Å². The Morgan fingerprint density at radius 3 is 2.34 bits per heavy atom. The van der Waals surface area contributed by atoms with Crippen LogP contribution < -0.4 is 10.6 Å². The molecule has 2 N–H and O–H groups in total. The first-order valence-corrected chi connectivity index (χ1v) is 9.68. The third kappa shape index (κ3) is 9.77. The minimum Gasteiger partial charge on any atom is -0.367 e. The fraction of sp³-hybridized carbons (Fsp3) is 0.474. The quantitative estimate of drug-likeness (QED) is 0.296. The number of hydrogen-bond acceptors (Lipinski definition) is 4. The average Bonchev–Trinajstić information content (AvgIpc) is 2.95. The molecule has 10 heteroatoms. The van der Waals surface area contributed by atoms with E-state index in [4.69, 9.17) is 0 Å². The van der Waals surface area contributed by atoms with Crippen LogP contribution in [0.1, 0.15) is 26.7 Å². The standard InChI is InChI=1S/C19H25F3N4OS.HI/c1-13-17(28-14(2)26-13)8-9-24-18(23-3)25-10-15-4-6-16(7-5-15)11-27-12-19(20,21)22;/h4-7H,8-12H2,1-3H3,(H2,23,24,25);1H. The molecule has 2 rings (SSSR count). The zero-order chi connectivity index (χ0) is 20.6. The van der Waals surface area contributed by atoms with Crippen molar-refractivity contribution in [2.24, 2.45) is 4.99 Å². The second kappa shape index (κ2) is 12.3. The van der Waals surface area contributed by atoms with Crippen molar-refractivity contribution in [1.29, 1.82) is 0 Å². The van der Waals surface area contributed by atoms with Gasteiger partial charge in [0.1, 0.15) is 6.61 Å². The van der Waals surface area contributed by atoms with E-state index in [0.29, 0.717) is 18.1 Å². The number of halogens is 4. The van der Waals surface area contributed by atoms with Gasteiger partial charge >= 0.3 is 6.18 Å². The fourth-order valence-corrected chi connectivity index (χ4v) is 3.48. The number of aryl methyl sites for hydroxylation is 2. The van der Waals surface area contributed by atoms with E-state index < -0.39 is 12.8 Å². The van der Waals surface area contributed by atoms with E-state index in [9.17, 15) is 13.2 Å². The summed E-state index contributed by atoms with van der Waals surface area (Å²) in [5, 5.41) is 7.56. The van der Waals surface area contributed by atoms with Gasteiger partial charge in [0.05, 0.1) is 17.3 Å². The molecular formula is C19H26F3IN4OS. The minimum absolute atomic E-state index is 0. The van der Waals surface area contributed by atoms with Crippen molar-refractivity contribution in [3.8, 4) is 0 Å². The number of nitrogens with one attached hydrogen (secondary N) is 2. The molecule has 162 valence electrons. The molecule has 1 heterocycles. The Kier molecular flexibility index (Phi) is 10.9. The third-order valence-electron chi connectivity index (χ3n) is 3.89. The first-order valence-electron chi connectivity index (χ1n) is 8.86. The number of guanidine groups is 1. The zero-order valence-electron chi connectivity index (χ0n) is 16.6. The fourth-order valence-electron chi connectivity index (χ4n) is 2.54. The Morgan fingerprint density at radius 2 is 1.79 bits per heavy atom. The maximum absolute atomic E-state index is 12.1. The van der Waals surface area contributed by atoms with E-state index in [1.807, 2.05) is 26.0 Å². The smallest absolute Gasteiger partial charge is 0.367 e. The van der Waals surface area contributed by atoms with E-state index in [0.717, 1.165) is 29.2 Å². The second-order valence-electron chi connectivity index (χ2n) is 6.27. The van der Waals surface area contributed by atoms with Gasteiger partial charge in [0.15, 0.2) is 5.96 Å². The number of benzene rings is 1. The van der Waals surface area contributed by atoms with Crippen molar-refractivity contribution >= 4 is 41.3 Å². The predicted molar refractivity (Wildman–Crippen MR) is 121 cm³/mol. The van der Waals surface area contributed by atoms with Gasteiger partial charge in [-0.15, -0.1) is 35.3 Å². The van der Waals surface area contributed by atoms with Crippen LogP contribution in [-0.4, -0.2) is 37.3 Å². The van der Waals surface area contributed by atoms with Crippen LogP contribution in [0.5, 0.6) is 0 Å². The Balaban J connectivity index is 0.00000420. The van der Waals surface area contributed by atoms with E-state index >= 15 is 0 Å². The average molecular weight is 542 g/mol. The lowest BCUT2D eigenvalue weighted by Crippen LogP contribution is -2.37. The largest absolute Gasteiger partial charge is 0.411 e. The van der Waals surface area contributed by atoms with E-state index in [2.05, 4.69) is 25.3 Å². The number of hydrogen-bond donors (Lipinski definition) is 2. The highest BCUT2D eigenvalue weighted by Crippen LogP contribution is 2.17. The van der Waals surface area contributed by atoms with Gasteiger partial charge in [-0.1, -0.05) is 24.3 Å². The lowest BCUT2D eigenvalue weighted by molar-refractivity contribution is -0.176. The summed E-state index contributed by atoms with van der Waals surface area (Å²) in [7, 11) is 1.71. The summed E-state index contributed by atoms with van der Waals surface area (Å²) in [5.74, 6) is 0.691. The molecule has 5 nitrogen and oxygen atoms in total. The molecule has 0 aliphatic rings. The number of alkyl halides is 3. The van der Waals surface area contributed by atoms with Crippen LogP contribution in [0.4, 0.5) is 13.2 Å². The van der Waals surface area contributed by atoms with Gasteiger partial charge in [0.25, 0.3) is 0 Å². The van der Waals surface area contributed by atoms with E-state index in [-0.39, 0.29) is 30.6 Å². The SMILES string of the molecule is CN=C(NCCc1sc(C)nc1C)NCc1ccc(COCC(F)(F)F)cc1.I. The molecular weight excluding hydrogens is 516 g/mol. The lowest BCUT2D eigenvalue weighted by atomic mass is 10.1. The maximum Gasteiger partial charge on any atom is 0.411 e. The molecule has 29 heavy (non-hydrogen) atoms. The minimum atomic E-state index is -4.30.